The number of carbonyl (C=O) groups excluding carboxylic acids is 2. The third-order valence-electron chi connectivity index (χ3n) is 4.10. The lowest BCUT2D eigenvalue weighted by molar-refractivity contribution is 0.0364. The molecule has 0 spiro atoms. The number of halogens is 1. The molecule has 0 saturated carbocycles. The Morgan fingerprint density at radius 1 is 1.24 bits per heavy atom. The molecule has 0 saturated heterocycles. The number of carbonyl (C=O) groups is 2. The molecular formula is C19H19ClN2O3. The maximum atomic E-state index is 12.3. The Balaban J connectivity index is 1.70. The predicted octanol–water partition coefficient (Wildman–Crippen LogP) is 4.50. The van der Waals surface area contributed by atoms with Crippen molar-refractivity contribution < 1.29 is 14.3 Å². The highest BCUT2D eigenvalue weighted by Crippen LogP contribution is 2.34. The number of fused-ring (bicyclic) bond motifs is 1. The molecule has 1 amide bonds. The third-order valence-corrected chi connectivity index (χ3v) is 4.33. The van der Waals surface area contributed by atoms with Crippen molar-refractivity contribution in [2.24, 2.45) is 0 Å². The van der Waals surface area contributed by atoms with Crippen molar-refractivity contribution in [3.63, 3.8) is 0 Å². The maximum Gasteiger partial charge on any atom is 0.339 e. The Labute approximate surface area is 151 Å². The lowest BCUT2D eigenvalue weighted by Crippen LogP contribution is -2.29. The van der Waals surface area contributed by atoms with Crippen LogP contribution in [0.15, 0.2) is 42.5 Å². The molecule has 2 N–H and O–H groups in total. The molecule has 130 valence electrons. The predicted molar refractivity (Wildman–Crippen MR) is 96.7 cm³/mol. The van der Waals surface area contributed by atoms with Crippen LogP contribution in [-0.4, -0.2) is 11.9 Å². The number of hydrogen-bond acceptors (Lipinski definition) is 4. The zero-order chi connectivity index (χ0) is 17.8. The number of amides is 1. The van der Waals surface area contributed by atoms with E-state index in [9.17, 15) is 9.59 Å². The van der Waals surface area contributed by atoms with Gasteiger partial charge in [0.1, 0.15) is 6.10 Å². The summed E-state index contributed by atoms with van der Waals surface area (Å²) in [5.74, 6) is -0.707. The first-order valence-corrected chi connectivity index (χ1v) is 8.63. The van der Waals surface area contributed by atoms with Crippen LogP contribution < -0.4 is 10.9 Å². The van der Waals surface area contributed by atoms with Crippen LogP contribution in [0.5, 0.6) is 0 Å². The number of rotatable bonds is 6. The van der Waals surface area contributed by atoms with Gasteiger partial charge in [0.15, 0.2) is 0 Å². The van der Waals surface area contributed by atoms with E-state index < -0.39 is 0 Å². The first-order chi connectivity index (χ1) is 12.1. The summed E-state index contributed by atoms with van der Waals surface area (Å²) in [5, 5.41) is 0.567. The third kappa shape index (κ3) is 3.94. The Hall–Kier alpha value is -2.53. The van der Waals surface area contributed by atoms with Gasteiger partial charge in [-0.25, -0.2) is 4.79 Å². The van der Waals surface area contributed by atoms with Gasteiger partial charge in [-0.15, -0.1) is 0 Å². The number of benzene rings is 2. The molecule has 1 heterocycles. The van der Waals surface area contributed by atoms with Gasteiger partial charge in [-0.3, -0.25) is 15.6 Å². The van der Waals surface area contributed by atoms with E-state index >= 15 is 0 Å². The average molecular weight is 359 g/mol. The van der Waals surface area contributed by atoms with Crippen LogP contribution in [0.3, 0.4) is 0 Å². The van der Waals surface area contributed by atoms with E-state index in [0.717, 1.165) is 24.8 Å². The molecule has 1 aliphatic heterocycles. The molecule has 0 aromatic heterocycles. The van der Waals surface area contributed by atoms with Crippen molar-refractivity contribution in [1.29, 1.82) is 0 Å². The minimum absolute atomic E-state index is 0.204. The summed E-state index contributed by atoms with van der Waals surface area (Å²) in [6, 6.07) is 12.1. The molecule has 0 aliphatic carbocycles. The second-order valence-electron chi connectivity index (χ2n) is 5.93. The van der Waals surface area contributed by atoms with Gasteiger partial charge in [0, 0.05) is 16.1 Å². The van der Waals surface area contributed by atoms with E-state index in [1.165, 1.54) is 0 Å². The van der Waals surface area contributed by atoms with Gasteiger partial charge < -0.3 is 4.74 Å². The minimum atomic E-state index is -0.367. The zero-order valence-corrected chi connectivity index (χ0v) is 14.6. The summed E-state index contributed by atoms with van der Waals surface area (Å²) in [6.07, 6.45) is 2.63. The van der Waals surface area contributed by atoms with Crippen molar-refractivity contribution in [2.45, 2.75) is 32.3 Å². The first-order valence-electron chi connectivity index (χ1n) is 8.25. The average Bonchev–Trinajstić information content (AvgIpc) is 2.93. The van der Waals surface area contributed by atoms with Crippen LogP contribution in [-0.2, 0) is 4.74 Å². The van der Waals surface area contributed by atoms with Crippen molar-refractivity contribution in [2.75, 3.05) is 5.43 Å². The van der Waals surface area contributed by atoms with Crippen LogP contribution in [0.1, 0.15) is 58.6 Å². The Kier molecular flexibility index (Phi) is 5.24. The smallest absolute Gasteiger partial charge is 0.339 e. The second kappa shape index (κ2) is 7.57. The molecule has 2 aromatic rings. The van der Waals surface area contributed by atoms with Crippen LogP contribution in [0.4, 0.5) is 5.69 Å². The molecule has 0 radical (unpaired) electrons. The Morgan fingerprint density at radius 3 is 2.84 bits per heavy atom. The largest absolute Gasteiger partial charge is 0.454 e. The summed E-state index contributed by atoms with van der Waals surface area (Å²) in [5.41, 5.74) is 7.78. The fourth-order valence-electron chi connectivity index (χ4n) is 2.78. The second-order valence-corrected chi connectivity index (χ2v) is 6.36. The summed E-state index contributed by atoms with van der Waals surface area (Å²) in [7, 11) is 0. The molecule has 3 rings (SSSR count). The summed E-state index contributed by atoms with van der Waals surface area (Å²) in [6.45, 7) is 2.10. The molecule has 1 aliphatic rings. The summed E-state index contributed by atoms with van der Waals surface area (Å²) < 4.78 is 5.41. The number of nitrogens with one attached hydrogen (secondary N) is 2. The first kappa shape index (κ1) is 17.3. The van der Waals surface area contributed by atoms with Crippen molar-refractivity contribution in [1.82, 2.24) is 5.43 Å². The fourth-order valence-corrected chi connectivity index (χ4v) is 2.97. The zero-order valence-electron chi connectivity index (χ0n) is 13.8. The van der Waals surface area contributed by atoms with E-state index in [4.69, 9.17) is 16.3 Å². The molecule has 1 unspecified atom stereocenters. The van der Waals surface area contributed by atoms with Gasteiger partial charge in [-0.2, -0.15) is 0 Å². The molecule has 2 aromatic carbocycles. The van der Waals surface area contributed by atoms with Gasteiger partial charge in [0.2, 0.25) is 0 Å². The highest BCUT2D eigenvalue weighted by atomic mass is 35.5. The van der Waals surface area contributed by atoms with Crippen LogP contribution >= 0.6 is 11.6 Å². The number of anilines is 1. The normalized spacial score (nSPS) is 15.4. The lowest BCUT2D eigenvalue weighted by atomic mass is 9.99. The number of hydrazine groups is 1. The SMILES string of the molecule is CCCCC1OC(=O)c2cc(C(=O)NNc3cccc(Cl)c3)ccc21. The van der Waals surface area contributed by atoms with Gasteiger partial charge in [0.25, 0.3) is 5.91 Å². The van der Waals surface area contributed by atoms with E-state index in [0.29, 0.717) is 21.8 Å². The molecule has 0 fully saturated rings. The van der Waals surface area contributed by atoms with Crippen LogP contribution in [0.2, 0.25) is 5.02 Å². The number of hydrogen-bond donors (Lipinski definition) is 2. The topological polar surface area (TPSA) is 67.4 Å². The maximum absolute atomic E-state index is 12.3. The highest BCUT2D eigenvalue weighted by molar-refractivity contribution is 6.30. The van der Waals surface area contributed by atoms with Crippen LogP contribution in [0.25, 0.3) is 0 Å². The van der Waals surface area contributed by atoms with Gasteiger partial charge in [-0.1, -0.05) is 37.1 Å². The molecule has 6 heteroatoms. The summed E-state index contributed by atoms with van der Waals surface area (Å²) in [4.78, 5) is 24.4. The monoisotopic (exact) mass is 358 g/mol. The van der Waals surface area contributed by atoms with Gasteiger partial charge in [-0.05, 0) is 43.2 Å². The molecule has 5 nitrogen and oxygen atoms in total. The van der Waals surface area contributed by atoms with E-state index in [2.05, 4.69) is 17.8 Å². The van der Waals surface area contributed by atoms with E-state index in [-0.39, 0.29) is 18.0 Å². The van der Waals surface area contributed by atoms with Gasteiger partial charge >= 0.3 is 5.97 Å². The van der Waals surface area contributed by atoms with Crippen molar-refractivity contribution >= 4 is 29.2 Å². The fraction of sp³-hybridized carbons (Fsp3) is 0.263. The van der Waals surface area contributed by atoms with E-state index in [1.807, 2.05) is 0 Å². The highest BCUT2D eigenvalue weighted by Gasteiger charge is 2.31. The molecule has 0 bridgehead atoms. The Morgan fingerprint density at radius 2 is 2.08 bits per heavy atom. The number of cyclic esters (lactones) is 1. The van der Waals surface area contributed by atoms with Gasteiger partial charge in [0.05, 0.1) is 11.3 Å². The van der Waals surface area contributed by atoms with Crippen molar-refractivity contribution in [3.05, 3.63) is 64.2 Å². The summed E-state index contributed by atoms with van der Waals surface area (Å²) >= 11 is 5.90. The Bertz CT molecular complexity index is 807. The number of ether oxygens (including phenoxy) is 1. The van der Waals surface area contributed by atoms with E-state index in [1.54, 1.807) is 42.5 Å². The van der Waals surface area contributed by atoms with Crippen molar-refractivity contribution in [3.8, 4) is 0 Å². The number of unbranched alkanes of at least 4 members (excludes halogenated alkanes) is 1. The molecule has 1 atom stereocenters. The number of esters is 1. The quantitative estimate of drug-likeness (QED) is 0.589. The standard InChI is InChI=1S/C19H19ClN2O3/c1-2-3-7-17-15-9-8-12(10-16(15)19(24)25-17)18(23)22-21-14-6-4-5-13(20)11-14/h4-6,8-11,17,21H,2-3,7H2,1H3,(H,22,23). The minimum Gasteiger partial charge on any atom is -0.454 e. The van der Waals surface area contributed by atoms with Crippen LogP contribution in [0, 0.1) is 0 Å². The lowest BCUT2D eigenvalue weighted by Gasteiger charge is -2.11. The molecule has 25 heavy (non-hydrogen) atoms. The molecular weight excluding hydrogens is 340 g/mol.